The van der Waals surface area contributed by atoms with Gasteiger partial charge in [-0.3, -0.25) is 5.10 Å². The summed E-state index contributed by atoms with van der Waals surface area (Å²) in [5, 5.41) is 17.8. The van der Waals surface area contributed by atoms with Crippen molar-refractivity contribution in [1.82, 2.24) is 20.2 Å². The summed E-state index contributed by atoms with van der Waals surface area (Å²) in [5.74, 6) is 0.0878. The number of aromatic nitrogens is 4. The third-order valence-electron chi connectivity index (χ3n) is 5.19. The number of aliphatic hydroxyl groups excluding tert-OH is 1. The first kappa shape index (κ1) is 18.7. The molecule has 148 valence electrons. The second-order valence-electron chi connectivity index (χ2n) is 7.83. The Bertz CT molecular complexity index is 992. The summed E-state index contributed by atoms with van der Waals surface area (Å²) in [6, 6.07) is 6.41. The number of hydrogen-bond acceptors (Lipinski definition) is 5. The number of piperidine rings is 1. The summed E-state index contributed by atoms with van der Waals surface area (Å²) >= 11 is 0. The predicted molar refractivity (Wildman–Crippen MR) is 103 cm³/mol. The maximum absolute atomic E-state index is 15.4. The highest BCUT2D eigenvalue weighted by Gasteiger charge is 2.44. The van der Waals surface area contributed by atoms with Crippen LogP contribution in [0, 0.1) is 11.7 Å². The molecular formula is C20H23F2N5O. The zero-order valence-corrected chi connectivity index (χ0v) is 15.9. The van der Waals surface area contributed by atoms with Crippen LogP contribution >= 0.6 is 0 Å². The van der Waals surface area contributed by atoms with Crippen LogP contribution in [0.25, 0.3) is 22.4 Å². The lowest BCUT2D eigenvalue weighted by molar-refractivity contribution is -0.0340. The number of fused-ring (bicyclic) bond motifs is 1. The van der Waals surface area contributed by atoms with Crippen LogP contribution in [0.2, 0.25) is 0 Å². The molecular weight excluding hydrogens is 364 g/mol. The molecule has 6 nitrogen and oxygen atoms in total. The van der Waals surface area contributed by atoms with E-state index in [0.29, 0.717) is 35.5 Å². The van der Waals surface area contributed by atoms with Crippen molar-refractivity contribution in [2.24, 2.45) is 5.92 Å². The van der Waals surface area contributed by atoms with Crippen molar-refractivity contribution in [3.63, 3.8) is 0 Å². The Labute approximate surface area is 161 Å². The summed E-state index contributed by atoms with van der Waals surface area (Å²) in [6.45, 7) is 4.33. The van der Waals surface area contributed by atoms with Crippen molar-refractivity contribution in [3.8, 4) is 11.4 Å². The minimum absolute atomic E-state index is 0.0235. The number of hydrogen-bond donors (Lipinski definition) is 2. The Morgan fingerprint density at radius 2 is 2.18 bits per heavy atom. The summed E-state index contributed by atoms with van der Waals surface area (Å²) in [6.07, 6.45) is 1.17. The lowest BCUT2D eigenvalue weighted by atomic mass is 9.84. The highest BCUT2D eigenvalue weighted by molar-refractivity contribution is 5.89. The zero-order chi connectivity index (χ0) is 19.9. The van der Waals surface area contributed by atoms with Gasteiger partial charge in [-0.2, -0.15) is 5.10 Å². The van der Waals surface area contributed by atoms with Crippen LogP contribution in [0.1, 0.15) is 26.7 Å². The Morgan fingerprint density at radius 1 is 1.36 bits per heavy atom. The summed E-state index contributed by atoms with van der Waals surface area (Å²) in [5.41, 5.74) is -0.682. The van der Waals surface area contributed by atoms with Crippen LogP contribution in [0.4, 0.5) is 14.6 Å². The molecule has 1 unspecified atom stereocenters. The highest BCUT2D eigenvalue weighted by Crippen LogP contribution is 2.35. The van der Waals surface area contributed by atoms with Crippen LogP contribution in [0.15, 0.2) is 30.5 Å². The van der Waals surface area contributed by atoms with Crippen molar-refractivity contribution in [3.05, 3.63) is 36.3 Å². The number of H-pyrrole nitrogens is 1. The van der Waals surface area contributed by atoms with Gasteiger partial charge in [0.15, 0.2) is 17.1 Å². The SMILES string of the molecule is CC(C)C[C@@]1(F)CN(c2ccc(F)c(-c3[nH]nc4ncccc34)n2)CCC1O. The lowest BCUT2D eigenvalue weighted by Crippen LogP contribution is -2.55. The zero-order valence-electron chi connectivity index (χ0n) is 15.9. The third-order valence-corrected chi connectivity index (χ3v) is 5.19. The molecule has 0 amide bonds. The molecule has 0 aromatic carbocycles. The fraction of sp³-hybridized carbons (Fsp3) is 0.450. The second kappa shape index (κ2) is 7.09. The van der Waals surface area contributed by atoms with Gasteiger partial charge >= 0.3 is 0 Å². The van der Waals surface area contributed by atoms with Crippen molar-refractivity contribution < 1.29 is 13.9 Å². The average molecular weight is 387 g/mol. The number of pyridine rings is 2. The molecule has 4 heterocycles. The van der Waals surface area contributed by atoms with Crippen LogP contribution in [-0.4, -0.2) is 50.1 Å². The van der Waals surface area contributed by atoms with E-state index in [4.69, 9.17) is 0 Å². The molecule has 3 aromatic heterocycles. The number of rotatable bonds is 4. The van der Waals surface area contributed by atoms with Gasteiger partial charge in [-0.05, 0) is 43.0 Å². The van der Waals surface area contributed by atoms with E-state index in [0.717, 1.165) is 0 Å². The Morgan fingerprint density at radius 3 is 2.96 bits per heavy atom. The van der Waals surface area contributed by atoms with Gasteiger partial charge in [0, 0.05) is 18.1 Å². The smallest absolute Gasteiger partial charge is 0.181 e. The van der Waals surface area contributed by atoms with E-state index in [9.17, 15) is 9.50 Å². The molecule has 28 heavy (non-hydrogen) atoms. The van der Waals surface area contributed by atoms with Crippen molar-refractivity contribution in [2.75, 3.05) is 18.0 Å². The molecule has 4 rings (SSSR count). The van der Waals surface area contributed by atoms with Gasteiger partial charge in [-0.1, -0.05) is 13.8 Å². The second-order valence-corrected chi connectivity index (χ2v) is 7.83. The molecule has 1 aliphatic rings. The monoisotopic (exact) mass is 387 g/mol. The van der Waals surface area contributed by atoms with E-state index in [2.05, 4.69) is 20.2 Å². The summed E-state index contributed by atoms with van der Waals surface area (Å²) < 4.78 is 29.9. The molecule has 0 aliphatic carbocycles. The van der Waals surface area contributed by atoms with Crippen LogP contribution in [0.5, 0.6) is 0 Å². The maximum atomic E-state index is 15.4. The molecule has 0 spiro atoms. The van der Waals surface area contributed by atoms with Crippen molar-refractivity contribution in [2.45, 2.75) is 38.5 Å². The summed E-state index contributed by atoms with van der Waals surface area (Å²) in [4.78, 5) is 10.4. The molecule has 1 aliphatic heterocycles. The van der Waals surface area contributed by atoms with Gasteiger partial charge in [0.25, 0.3) is 0 Å². The van der Waals surface area contributed by atoms with E-state index in [1.807, 2.05) is 13.8 Å². The van der Waals surface area contributed by atoms with Crippen molar-refractivity contribution in [1.29, 1.82) is 0 Å². The number of aromatic amines is 1. The van der Waals surface area contributed by atoms with Crippen molar-refractivity contribution >= 4 is 16.9 Å². The molecule has 8 heteroatoms. The van der Waals surface area contributed by atoms with Gasteiger partial charge < -0.3 is 10.0 Å². The minimum Gasteiger partial charge on any atom is -0.390 e. The quantitative estimate of drug-likeness (QED) is 0.717. The van der Waals surface area contributed by atoms with E-state index in [1.54, 1.807) is 29.3 Å². The fourth-order valence-electron chi connectivity index (χ4n) is 3.93. The maximum Gasteiger partial charge on any atom is 0.181 e. The third kappa shape index (κ3) is 3.32. The Hall–Kier alpha value is -2.61. The molecule has 2 atom stereocenters. The number of nitrogens with zero attached hydrogens (tertiary/aromatic N) is 4. The lowest BCUT2D eigenvalue weighted by Gasteiger charge is -2.42. The Kier molecular flexibility index (Phi) is 4.74. The normalized spacial score (nSPS) is 22.9. The molecule has 0 saturated carbocycles. The van der Waals surface area contributed by atoms with E-state index in [-0.39, 0.29) is 24.6 Å². The van der Waals surface area contributed by atoms with E-state index < -0.39 is 17.6 Å². The highest BCUT2D eigenvalue weighted by atomic mass is 19.1. The summed E-state index contributed by atoms with van der Waals surface area (Å²) in [7, 11) is 0. The molecule has 2 N–H and O–H groups in total. The topological polar surface area (TPSA) is 77.9 Å². The van der Waals surface area contributed by atoms with Crippen LogP contribution in [0.3, 0.4) is 0 Å². The van der Waals surface area contributed by atoms with Gasteiger partial charge in [0.05, 0.1) is 18.3 Å². The average Bonchev–Trinajstić information content (AvgIpc) is 3.08. The molecule has 1 saturated heterocycles. The predicted octanol–water partition coefficient (Wildman–Crippen LogP) is 3.48. The first-order chi connectivity index (χ1) is 13.4. The van der Waals surface area contributed by atoms with Gasteiger partial charge in [-0.25, -0.2) is 18.7 Å². The van der Waals surface area contributed by atoms with Gasteiger partial charge in [-0.15, -0.1) is 0 Å². The molecule has 3 aromatic rings. The van der Waals surface area contributed by atoms with E-state index >= 15 is 4.39 Å². The van der Waals surface area contributed by atoms with Crippen LogP contribution < -0.4 is 4.90 Å². The van der Waals surface area contributed by atoms with Gasteiger partial charge in [0.1, 0.15) is 11.5 Å². The number of nitrogens with one attached hydrogen (secondary N) is 1. The molecule has 1 fully saturated rings. The minimum atomic E-state index is -1.72. The first-order valence-corrected chi connectivity index (χ1v) is 9.45. The number of halogens is 2. The van der Waals surface area contributed by atoms with Crippen LogP contribution in [-0.2, 0) is 0 Å². The first-order valence-electron chi connectivity index (χ1n) is 9.45. The molecule has 0 radical (unpaired) electrons. The number of aliphatic hydroxyl groups is 1. The van der Waals surface area contributed by atoms with Gasteiger partial charge in [0.2, 0.25) is 0 Å². The molecule has 0 bridgehead atoms. The standard InChI is InChI=1S/C20H23F2N5O/c1-12(2)10-20(22)11-27(9-7-15(20)28)16-6-5-14(21)18(24-16)17-13-4-3-8-23-19(13)26-25-17/h3-6,8,12,15,28H,7,9-11H2,1-2H3,(H,23,25,26)/t15?,20-/m1/s1. The largest absolute Gasteiger partial charge is 0.390 e. The Balaban J connectivity index is 1.69. The fourth-order valence-corrected chi connectivity index (χ4v) is 3.93. The number of anilines is 1. The van der Waals surface area contributed by atoms with E-state index in [1.165, 1.54) is 6.07 Å². The number of alkyl halides is 1.